The molecule has 0 aromatic carbocycles. The Morgan fingerprint density at radius 3 is 1.81 bits per heavy atom. The summed E-state index contributed by atoms with van der Waals surface area (Å²) in [5.74, 6) is -0.659. The second-order valence-electron chi connectivity index (χ2n) is 5.27. The van der Waals surface area contributed by atoms with Crippen molar-refractivity contribution >= 4 is 5.97 Å². The maximum atomic E-state index is 10.5. The highest BCUT2D eigenvalue weighted by atomic mass is 16.4. The number of hydrogen-bond acceptors (Lipinski definition) is 1. The van der Waals surface area contributed by atoms with Gasteiger partial charge in [0, 0.05) is 6.42 Å². The molecule has 0 bridgehead atoms. The van der Waals surface area contributed by atoms with E-state index in [1.165, 1.54) is 38.5 Å². The number of carbonyl (C=O) groups is 1. The first kappa shape index (κ1) is 15.5. The average molecular weight is 228 g/mol. The van der Waals surface area contributed by atoms with Crippen molar-refractivity contribution in [3.05, 3.63) is 0 Å². The first-order chi connectivity index (χ1) is 7.54. The number of aliphatic carboxylic acids is 1. The summed E-state index contributed by atoms with van der Waals surface area (Å²) < 4.78 is 0. The van der Waals surface area contributed by atoms with E-state index < -0.39 is 5.97 Å². The van der Waals surface area contributed by atoms with Gasteiger partial charge in [0.15, 0.2) is 0 Å². The van der Waals surface area contributed by atoms with Crippen LogP contribution in [0.15, 0.2) is 0 Å². The largest absolute Gasteiger partial charge is 0.481 e. The molecule has 0 amide bonds. The maximum Gasteiger partial charge on any atom is 0.303 e. The molecule has 0 aromatic rings. The highest BCUT2D eigenvalue weighted by Crippen LogP contribution is 2.35. The van der Waals surface area contributed by atoms with Crippen molar-refractivity contribution in [2.24, 2.45) is 5.41 Å². The summed E-state index contributed by atoms with van der Waals surface area (Å²) in [5.41, 5.74) is 0.376. The van der Waals surface area contributed by atoms with Crippen LogP contribution < -0.4 is 0 Å². The summed E-state index contributed by atoms with van der Waals surface area (Å²) in [6, 6.07) is 0. The Balaban J connectivity index is 4.01. The highest BCUT2D eigenvalue weighted by molar-refractivity contribution is 5.66. The highest BCUT2D eigenvalue weighted by Gasteiger charge is 2.22. The molecular formula is C14H28O2. The second kappa shape index (κ2) is 8.60. The van der Waals surface area contributed by atoms with Gasteiger partial charge in [0.25, 0.3) is 0 Å². The van der Waals surface area contributed by atoms with Crippen molar-refractivity contribution < 1.29 is 9.90 Å². The van der Waals surface area contributed by atoms with Gasteiger partial charge >= 0.3 is 5.97 Å². The SMILES string of the molecule is CCCCC(C)(CCCC)CCCC(=O)O. The summed E-state index contributed by atoms with van der Waals surface area (Å²) in [6.07, 6.45) is 9.75. The molecule has 0 rings (SSSR count). The molecule has 0 saturated carbocycles. The Morgan fingerprint density at radius 1 is 1.00 bits per heavy atom. The van der Waals surface area contributed by atoms with Crippen molar-refractivity contribution in [1.82, 2.24) is 0 Å². The minimum absolute atomic E-state index is 0.327. The van der Waals surface area contributed by atoms with E-state index in [4.69, 9.17) is 5.11 Å². The molecule has 0 aromatic heterocycles. The van der Waals surface area contributed by atoms with Crippen LogP contribution in [-0.2, 0) is 4.79 Å². The molecule has 0 saturated heterocycles. The first-order valence-electron chi connectivity index (χ1n) is 6.76. The zero-order chi connectivity index (χ0) is 12.4. The van der Waals surface area contributed by atoms with Crippen LogP contribution in [-0.4, -0.2) is 11.1 Å². The van der Waals surface area contributed by atoms with E-state index in [0.29, 0.717) is 11.8 Å². The van der Waals surface area contributed by atoms with Gasteiger partial charge in [0.1, 0.15) is 0 Å². The normalized spacial score (nSPS) is 11.7. The molecule has 0 fully saturated rings. The minimum atomic E-state index is -0.659. The third-order valence-corrected chi connectivity index (χ3v) is 3.44. The van der Waals surface area contributed by atoms with Gasteiger partial charge in [-0.2, -0.15) is 0 Å². The standard InChI is InChI=1S/C14H28O2/c1-4-6-10-14(3,11-7-5-2)12-8-9-13(15)16/h4-12H2,1-3H3,(H,15,16). The summed E-state index contributed by atoms with van der Waals surface area (Å²) in [7, 11) is 0. The Hall–Kier alpha value is -0.530. The van der Waals surface area contributed by atoms with Gasteiger partial charge in [-0.25, -0.2) is 0 Å². The Morgan fingerprint density at radius 2 is 1.44 bits per heavy atom. The molecule has 1 N–H and O–H groups in total. The van der Waals surface area contributed by atoms with Crippen LogP contribution in [0.4, 0.5) is 0 Å². The van der Waals surface area contributed by atoms with E-state index in [0.717, 1.165) is 12.8 Å². The lowest BCUT2D eigenvalue weighted by atomic mass is 9.76. The molecule has 0 aliphatic heterocycles. The molecule has 16 heavy (non-hydrogen) atoms. The number of carboxylic acid groups (broad SMARTS) is 1. The van der Waals surface area contributed by atoms with Gasteiger partial charge in [0.2, 0.25) is 0 Å². The Bertz CT molecular complexity index is 179. The fourth-order valence-electron chi connectivity index (χ4n) is 2.25. The second-order valence-corrected chi connectivity index (χ2v) is 5.27. The van der Waals surface area contributed by atoms with Crippen LogP contribution in [0.1, 0.15) is 78.6 Å². The van der Waals surface area contributed by atoms with Crippen LogP contribution >= 0.6 is 0 Å². The van der Waals surface area contributed by atoms with Crippen molar-refractivity contribution in [2.45, 2.75) is 78.6 Å². The summed E-state index contributed by atoms with van der Waals surface area (Å²) in [5, 5.41) is 8.66. The number of carboxylic acids is 1. The van der Waals surface area contributed by atoms with E-state index in [2.05, 4.69) is 20.8 Å². The van der Waals surface area contributed by atoms with E-state index >= 15 is 0 Å². The fourth-order valence-corrected chi connectivity index (χ4v) is 2.25. The molecule has 0 aliphatic rings. The average Bonchev–Trinajstić information content (AvgIpc) is 2.23. The zero-order valence-corrected chi connectivity index (χ0v) is 11.2. The molecule has 0 radical (unpaired) electrons. The fraction of sp³-hybridized carbons (Fsp3) is 0.929. The van der Waals surface area contributed by atoms with Gasteiger partial charge in [-0.05, 0) is 31.1 Å². The van der Waals surface area contributed by atoms with Crippen LogP contribution in [0.3, 0.4) is 0 Å². The molecule has 0 atom stereocenters. The number of hydrogen-bond donors (Lipinski definition) is 1. The monoisotopic (exact) mass is 228 g/mol. The van der Waals surface area contributed by atoms with E-state index in [1.54, 1.807) is 0 Å². The third-order valence-electron chi connectivity index (χ3n) is 3.44. The Kier molecular flexibility index (Phi) is 8.32. The lowest BCUT2D eigenvalue weighted by Gasteiger charge is -2.29. The van der Waals surface area contributed by atoms with Crippen LogP contribution in [0.25, 0.3) is 0 Å². The maximum absolute atomic E-state index is 10.5. The van der Waals surface area contributed by atoms with Crippen molar-refractivity contribution in [3.8, 4) is 0 Å². The molecule has 0 spiro atoms. The number of unbranched alkanes of at least 4 members (excludes halogenated alkanes) is 2. The van der Waals surface area contributed by atoms with Gasteiger partial charge in [-0.15, -0.1) is 0 Å². The van der Waals surface area contributed by atoms with Crippen molar-refractivity contribution in [3.63, 3.8) is 0 Å². The van der Waals surface area contributed by atoms with Crippen molar-refractivity contribution in [2.75, 3.05) is 0 Å². The smallest absolute Gasteiger partial charge is 0.303 e. The molecule has 2 nitrogen and oxygen atoms in total. The third kappa shape index (κ3) is 7.72. The topological polar surface area (TPSA) is 37.3 Å². The Labute approximate surface area is 100 Å². The molecule has 2 heteroatoms. The predicted molar refractivity (Wildman–Crippen MR) is 68.6 cm³/mol. The van der Waals surface area contributed by atoms with E-state index in [9.17, 15) is 4.79 Å². The van der Waals surface area contributed by atoms with Gasteiger partial charge in [0.05, 0.1) is 0 Å². The molecule has 0 unspecified atom stereocenters. The summed E-state index contributed by atoms with van der Waals surface area (Å²) in [4.78, 5) is 10.5. The lowest BCUT2D eigenvalue weighted by Crippen LogP contribution is -2.17. The summed E-state index contributed by atoms with van der Waals surface area (Å²) in [6.45, 7) is 6.77. The van der Waals surface area contributed by atoms with E-state index in [-0.39, 0.29) is 0 Å². The van der Waals surface area contributed by atoms with Crippen LogP contribution in [0.5, 0.6) is 0 Å². The van der Waals surface area contributed by atoms with Crippen LogP contribution in [0, 0.1) is 5.41 Å². The molecular weight excluding hydrogens is 200 g/mol. The van der Waals surface area contributed by atoms with Gasteiger partial charge in [-0.3, -0.25) is 4.79 Å². The van der Waals surface area contributed by atoms with Gasteiger partial charge in [-0.1, -0.05) is 46.5 Å². The quantitative estimate of drug-likeness (QED) is 0.592. The molecule has 0 aliphatic carbocycles. The lowest BCUT2D eigenvalue weighted by molar-refractivity contribution is -0.137. The summed E-state index contributed by atoms with van der Waals surface area (Å²) >= 11 is 0. The minimum Gasteiger partial charge on any atom is -0.481 e. The predicted octanol–water partition coefficient (Wildman–Crippen LogP) is 4.63. The van der Waals surface area contributed by atoms with Crippen molar-refractivity contribution in [1.29, 1.82) is 0 Å². The number of rotatable bonds is 10. The van der Waals surface area contributed by atoms with Crippen LogP contribution in [0.2, 0.25) is 0 Å². The molecule has 0 heterocycles. The van der Waals surface area contributed by atoms with E-state index in [1.807, 2.05) is 0 Å². The zero-order valence-electron chi connectivity index (χ0n) is 11.2. The van der Waals surface area contributed by atoms with Gasteiger partial charge < -0.3 is 5.11 Å². The first-order valence-corrected chi connectivity index (χ1v) is 6.76. The molecule has 96 valence electrons.